The van der Waals surface area contributed by atoms with Gasteiger partial charge in [0.15, 0.2) is 5.96 Å². The molecule has 1 fully saturated rings. The molecule has 13 heavy (non-hydrogen) atoms. The molecule has 0 atom stereocenters. The number of likely N-dealkylation sites (tertiary alicyclic amines) is 1. The lowest BCUT2D eigenvalue weighted by Crippen LogP contribution is -2.65. The predicted molar refractivity (Wildman–Crippen MR) is 54.0 cm³/mol. The van der Waals surface area contributed by atoms with Crippen molar-refractivity contribution >= 4 is 5.96 Å². The first-order valence-electron chi connectivity index (χ1n) is 4.68. The van der Waals surface area contributed by atoms with E-state index in [1.54, 1.807) is 7.05 Å². The Hall–Kier alpha value is -0.770. The molecule has 1 heterocycles. The van der Waals surface area contributed by atoms with Crippen LogP contribution in [0.25, 0.3) is 0 Å². The fraction of sp³-hybridized carbons (Fsp3) is 0.889. The van der Waals surface area contributed by atoms with Crippen molar-refractivity contribution in [1.82, 2.24) is 10.2 Å². The Morgan fingerprint density at radius 3 is 2.62 bits per heavy atom. The average molecular weight is 185 g/mol. The Balaban J connectivity index is 2.39. The third-order valence-electron chi connectivity index (χ3n) is 2.28. The van der Waals surface area contributed by atoms with Gasteiger partial charge >= 0.3 is 0 Å². The van der Waals surface area contributed by atoms with Gasteiger partial charge in [-0.1, -0.05) is 0 Å². The quantitative estimate of drug-likeness (QED) is 0.496. The number of hydrogen-bond acceptors (Lipinski definition) is 2. The Labute approximate surface area is 80.0 Å². The number of ether oxygens (including phenoxy) is 1. The lowest BCUT2D eigenvalue weighted by Gasteiger charge is -2.48. The van der Waals surface area contributed by atoms with Crippen LogP contribution < -0.4 is 5.32 Å². The first kappa shape index (κ1) is 10.3. The maximum atomic E-state index is 5.61. The molecule has 1 N–H and O–H groups in total. The molecule has 4 nitrogen and oxygen atoms in total. The van der Waals surface area contributed by atoms with E-state index in [2.05, 4.69) is 22.1 Å². The second-order valence-corrected chi connectivity index (χ2v) is 3.54. The van der Waals surface area contributed by atoms with Crippen molar-refractivity contribution in [3.63, 3.8) is 0 Å². The molecule has 0 bridgehead atoms. The van der Waals surface area contributed by atoms with E-state index < -0.39 is 0 Å². The van der Waals surface area contributed by atoms with Crippen LogP contribution in [0.3, 0.4) is 0 Å². The van der Waals surface area contributed by atoms with Gasteiger partial charge in [0.1, 0.15) is 5.60 Å². The molecule has 1 aliphatic heterocycles. The van der Waals surface area contributed by atoms with Crippen molar-refractivity contribution in [2.24, 2.45) is 4.99 Å². The van der Waals surface area contributed by atoms with Gasteiger partial charge in [-0.25, -0.2) is 0 Å². The zero-order valence-electron chi connectivity index (χ0n) is 8.92. The number of nitrogens with one attached hydrogen (secondary N) is 1. The molecule has 0 aromatic carbocycles. The number of rotatable bonds is 2. The summed E-state index contributed by atoms with van der Waals surface area (Å²) in [6, 6.07) is 0. The first-order chi connectivity index (χ1) is 6.15. The summed E-state index contributed by atoms with van der Waals surface area (Å²) in [5.41, 5.74) is 0.0293. The van der Waals surface area contributed by atoms with Gasteiger partial charge in [0.05, 0.1) is 13.1 Å². The zero-order chi connectivity index (χ0) is 9.90. The SMILES string of the molecule is CCOC1(C)CN(C(=NC)NC)C1. The van der Waals surface area contributed by atoms with E-state index in [0.717, 1.165) is 25.7 Å². The van der Waals surface area contributed by atoms with Crippen molar-refractivity contribution in [2.75, 3.05) is 33.8 Å². The molecule has 0 saturated carbocycles. The van der Waals surface area contributed by atoms with Crippen LogP contribution >= 0.6 is 0 Å². The Morgan fingerprint density at radius 2 is 2.23 bits per heavy atom. The van der Waals surface area contributed by atoms with Crippen molar-refractivity contribution < 1.29 is 4.74 Å². The molecule has 76 valence electrons. The van der Waals surface area contributed by atoms with Gasteiger partial charge in [0.2, 0.25) is 0 Å². The minimum atomic E-state index is 0.0293. The van der Waals surface area contributed by atoms with Crippen LogP contribution in [0.2, 0.25) is 0 Å². The van der Waals surface area contributed by atoms with Gasteiger partial charge in [0, 0.05) is 20.7 Å². The van der Waals surface area contributed by atoms with E-state index in [-0.39, 0.29) is 5.60 Å². The molecule has 0 aromatic heterocycles. The molecular formula is C9H19N3O. The summed E-state index contributed by atoms with van der Waals surface area (Å²) >= 11 is 0. The van der Waals surface area contributed by atoms with Crippen LogP contribution in [-0.4, -0.2) is 50.3 Å². The fourth-order valence-electron chi connectivity index (χ4n) is 1.76. The minimum Gasteiger partial charge on any atom is -0.372 e. The van der Waals surface area contributed by atoms with Crippen LogP contribution in [0.1, 0.15) is 13.8 Å². The third kappa shape index (κ3) is 2.12. The van der Waals surface area contributed by atoms with Crippen LogP contribution in [-0.2, 0) is 4.74 Å². The summed E-state index contributed by atoms with van der Waals surface area (Å²) in [7, 11) is 3.68. The highest BCUT2D eigenvalue weighted by atomic mass is 16.5. The largest absolute Gasteiger partial charge is 0.372 e. The summed E-state index contributed by atoms with van der Waals surface area (Å²) in [4.78, 5) is 6.31. The lowest BCUT2D eigenvalue weighted by molar-refractivity contribution is -0.104. The molecular weight excluding hydrogens is 166 g/mol. The molecule has 1 saturated heterocycles. The standard InChI is InChI=1S/C9H19N3O/c1-5-13-9(2)6-12(7-9)8(10-3)11-4/h5-7H2,1-4H3,(H,10,11). The number of hydrogen-bond donors (Lipinski definition) is 1. The van der Waals surface area contributed by atoms with Crippen molar-refractivity contribution in [3.8, 4) is 0 Å². The highest BCUT2D eigenvalue weighted by Gasteiger charge is 2.40. The molecule has 0 radical (unpaired) electrons. The van der Waals surface area contributed by atoms with E-state index in [1.165, 1.54) is 0 Å². The molecule has 0 spiro atoms. The van der Waals surface area contributed by atoms with Crippen molar-refractivity contribution in [3.05, 3.63) is 0 Å². The topological polar surface area (TPSA) is 36.9 Å². The molecule has 0 unspecified atom stereocenters. The number of nitrogens with zero attached hydrogens (tertiary/aromatic N) is 2. The van der Waals surface area contributed by atoms with Gasteiger partial charge in [-0.05, 0) is 13.8 Å². The van der Waals surface area contributed by atoms with E-state index >= 15 is 0 Å². The zero-order valence-corrected chi connectivity index (χ0v) is 8.92. The minimum absolute atomic E-state index is 0.0293. The molecule has 1 aliphatic rings. The third-order valence-corrected chi connectivity index (χ3v) is 2.28. The monoisotopic (exact) mass is 185 g/mol. The lowest BCUT2D eigenvalue weighted by atomic mass is 9.97. The van der Waals surface area contributed by atoms with Crippen molar-refractivity contribution in [2.45, 2.75) is 19.4 Å². The van der Waals surface area contributed by atoms with Crippen LogP contribution in [0.5, 0.6) is 0 Å². The molecule has 0 aromatic rings. The van der Waals surface area contributed by atoms with Crippen LogP contribution in [0.4, 0.5) is 0 Å². The Kier molecular flexibility index (Phi) is 3.14. The summed E-state index contributed by atoms with van der Waals surface area (Å²) in [5.74, 6) is 0.942. The Morgan fingerprint density at radius 1 is 1.62 bits per heavy atom. The van der Waals surface area contributed by atoms with Crippen LogP contribution in [0, 0.1) is 0 Å². The highest BCUT2D eigenvalue weighted by molar-refractivity contribution is 5.80. The number of aliphatic imine (C=N–C) groups is 1. The first-order valence-corrected chi connectivity index (χ1v) is 4.68. The summed E-state index contributed by atoms with van der Waals surface area (Å²) < 4.78 is 5.61. The molecule has 0 aliphatic carbocycles. The van der Waals surface area contributed by atoms with E-state index in [0.29, 0.717) is 0 Å². The van der Waals surface area contributed by atoms with Crippen molar-refractivity contribution in [1.29, 1.82) is 0 Å². The van der Waals surface area contributed by atoms with Gasteiger partial charge in [-0.2, -0.15) is 0 Å². The smallest absolute Gasteiger partial charge is 0.193 e. The normalized spacial score (nSPS) is 21.2. The molecule has 0 amide bonds. The average Bonchev–Trinajstić information content (AvgIpc) is 2.04. The molecule has 4 heteroatoms. The van der Waals surface area contributed by atoms with Gasteiger partial charge in [-0.15, -0.1) is 0 Å². The summed E-state index contributed by atoms with van der Waals surface area (Å²) in [6.07, 6.45) is 0. The van der Waals surface area contributed by atoms with E-state index in [9.17, 15) is 0 Å². The molecule has 1 rings (SSSR count). The number of guanidine groups is 1. The maximum Gasteiger partial charge on any atom is 0.193 e. The second kappa shape index (κ2) is 3.96. The Bertz CT molecular complexity index is 197. The van der Waals surface area contributed by atoms with Crippen LogP contribution in [0.15, 0.2) is 4.99 Å². The second-order valence-electron chi connectivity index (χ2n) is 3.54. The van der Waals surface area contributed by atoms with Gasteiger partial charge in [0.25, 0.3) is 0 Å². The van der Waals surface area contributed by atoms with Gasteiger partial charge in [-0.3, -0.25) is 4.99 Å². The predicted octanol–water partition coefficient (Wildman–Crippen LogP) is 0.302. The van der Waals surface area contributed by atoms with E-state index in [4.69, 9.17) is 4.74 Å². The summed E-state index contributed by atoms with van der Waals surface area (Å²) in [5, 5.41) is 3.05. The maximum absolute atomic E-state index is 5.61. The summed E-state index contributed by atoms with van der Waals surface area (Å²) in [6.45, 7) is 6.79. The fourth-order valence-corrected chi connectivity index (χ4v) is 1.76. The van der Waals surface area contributed by atoms with Gasteiger partial charge < -0.3 is 15.0 Å². The highest BCUT2D eigenvalue weighted by Crippen LogP contribution is 2.24. The van der Waals surface area contributed by atoms with E-state index in [1.807, 2.05) is 14.0 Å².